The van der Waals surface area contributed by atoms with Crippen molar-refractivity contribution in [2.24, 2.45) is 5.92 Å². The van der Waals surface area contributed by atoms with Crippen molar-refractivity contribution in [3.8, 4) is 6.07 Å². The molecule has 0 radical (unpaired) electrons. The summed E-state index contributed by atoms with van der Waals surface area (Å²) in [6, 6.07) is 2.19. The average molecular weight is 161 g/mol. The van der Waals surface area contributed by atoms with Gasteiger partial charge in [-0.2, -0.15) is 5.26 Å². The van der Waals surface area contributed by atoms with Gasteiger partial charge in [-0.25, -0.2) is 0 Å². The highest BCUT2D eigenvalue weighted by Gasteiger charge is 2.13. The predicted octanol–water partition coefficient (Wildman–Crippen LogP) is 3.20. The number of hydrogen-bond donors (Lipinski definition) is 0. The third kappa shape index (κ3) is 2.23. The second-order valence-corrected chi connectivity index (χ2v) is 3.51. The Morgan fingerprint density at radius 1 is 1.83 bits per heavy atom. The molecule has 1 atom stereocenters. The minimum Gasteiger partial charge on any atom is -0.198 e. The van der Waals surface area contributed by atoms with Gasteiger partial charge in [0.05, 0.1) is 12.5 Å². The lowest BCUT2D eigenvalue weighted by Gasteiger charge is -2.20. The van der Waals surface area contributed by atoms with Gasteiger partial charge < -0.3 is 0 Å². The van der Waals surface area contributed by atoms with E-state index in [9.17, 15) is 0 Å². The molecule has 0 saturated heterocycles. The van der Waals surface area contributed by atoms with Gasteiger partial charge in [-0.05, 0) is 32.1 Å². The summed E-state index contributed by atoms with van der Waals surface area (Å²) in [5.74, 6) is 0.660. The van der Waals surface area contributed by atoms with Gasteiger partial charge in [0.25, 0.3) is 0 Å². The van der Waals surface area contributed by atoms with E-state index in [0.29, 0.717) is 12.3 Å². The van der Waals surface area contributed by atoms with Crippen LogP contribution in [0, 0.1) is 17.2 Å². The first-order valence-electron chi connectivity index (χ1n) is 4.44. The maximum Gasteiger partial charge on any atom is 0.0666 e. The molecule has 0 amide bonds. The fourth-order valence-corrected chi connectivity index (χ4v) is 1.60. The second-order valence-electron chi connectivity index (χ2n) is 3.51. The third-order valence-corrected chi connectivity index (χ3v) is 2.51. The number of nitrogens with zero attached hydrogens (tertiary/aromatic N) is 1. The van der Waals surface area contributed by atoms with Gasteiger partial charge >= 0.3 is 0 Å². The number of rotatable bonds is 2. The summed E-state index contributed by atoms with van der Waals surface area (Å²) in [6.45, 7) is 6.05. The molecule has 1 aliphatic rings. The minimum atomic E-state index is 0.614. The molecule has 0 bridgehead atoms. The summed E-state index contributed by atoms with van der Waals surface area (Å²) >= 11 is 0. The molecule has 1 unspecified atom stereocenters. The first kappa shape index (κ1) is 9.06. The van der Waals surface area contributed by atoms with Gasteiger partial charge in [-0.1, -0.05) is 23.8 Å². The van der Waals surface area contributed by atoms with E-state index in [1.54, 1.807) is 0 Å². The van der Waals surface area contributed by atoms with Crippen LogP contribution >= 0.6 is 0 Å². The van der Waals surface area contributed by atoms with E-state index in [4.69, 9.17) is 5.26 Å². The first-order chi connectivity index (χ1) is 5.74. The highest BCUT2D eigenvalue weighted by molar-refractivity contribution is 5.14. The van der Waals surface area contributed by atoms with Crippen LogP contribution < -0.4 is 0 Å². The lowest BCUT2D eigenvalue weighted by molar-refractivity contribution is 0.537. The van der Waals surface area contributed by atoms with Crippen LogP contribution in [0.5, 0.6) is 0 Å². The Balaban J connectivity index is 2.48. The summed E-state index contributed by atoms with van der Waals surface area (Å²) < 4.78 is 0. The molecule has 0 aromatic heterocycles. The monoisotopic (exact) mass is 161 g/mol. The molecule has 0 spiro atoms. The quantitative estimate of drug-likeness (QED) is 0.570. The second kappa shape index (κ2) is 4.11. The average Bonchev–Trinajstić information content (AvgIpc) is 2.06. The van der Waals surface area contributed by atoms with Crippen LogP contribution in [0.1, 0.15) is 32.6 Å². The zero-order valence-corrected chi connectivity index (χ0v) is 7.64. The summed E-state index contributed by atoms with van der Waals surface area (Å²) in [6.07, 6.45) is 6.19. The van der Waals surface area contributed by atoms with Crippen LogP contribution in [-0.4, -0.2) is 0 Å². The number of nitriles is 1. The van der Waals surface area contributed by atoms with Crippen LogP contribution in [0.2, 0.25) is 0 Å². The van der Waals surface area contributed by atoms with Gasteiger partial charge in [-0.3, -0.25) is 0 Å². The lowest BCUT2D eigenvalue weighted by atomic mass is 9.85. The third-order valence-electron chi connectivity index (χ3n) is 2.51. The molecule has 0 aromatic carbocycles. The van der Waals surface area contributed by atoms with Gasteiger partial charge in [0.15, 0.2) is 0 Å². The molecule has 0 aromatic rings. The SMILES string of the molecule is C=C(C)C1CC=C(CC#N)CC1. The maximum absolute atomic E-state index is 8.49. The minimum absolute atomic E-state index is 0.614. The molecule has 12 heavy (non-hydrogen) atoms. The molecule has 0 saturated carbocycles. The van der Waals surface area contributed by atoms with Crippen LogP contribution in [0.15, 0.2) is 23.8 Å². The molecule has 0 fully saturated rings. The normalized spacial score (nSPS) is 22.7. The van der Waals surface area contributed by atoms with Crippen molar-refractivity contribution in [1.82, 2.24) is 0 Å². The topological polar surface area (TPSA) is 23.8 Å². The largest absolute Gasteiger partial charge is 0.198 e. The molecule has 1 aliphatic carbocycles. The van der Waals surface area contributed by atoms with Crippen LogP contribution in [0.25, 0.3) is 0 Å². The Morgan fingerprint density at radius 2 is 2.58 bits per heavy atom. The zero-order valence-electron chi connectivity index (χ0n) is 7.64. The van der Waals surface area contributed by atoms with Gasteiger partial charge in [-0.15, -0.1) is 0 Å². The Hall–Kier alpha value is -1.03. The molecule has 64 valence electrons. The van der Waals surface area contributed by atoms with Crippen molar-refractivity contribution in [3.63, 3.8) is 0 Å². The van der Waals surface area contributed by atoms with E-state index in [1.165, 1.54) is 17.6 Å². The molecule has 0 N–H and O–H groups in total. The van der Waals surface area contributed by atoms with Crippen molar-refractivity contribution < 1.29 is 0 Å². The standard InChI is InChI=1S/C11H15N/c1-9(2)11-5-3-10(4-6-11)7-8-12/h3,11H,1,4-7H2,2H3. The predicted molar refractivity (Wildman–Crippen MR) is 50.5 cm³/mol. The van der Waals surface area contributed by atoms with Gasteiger partial charge in [0.2, 0.25) is 0 Å². The molecule has 1 rings (SSSR count). The molecule has 0 heterocycles. The molecule has 1 nitrogen and oxygen atoms in total. The number of hydrogen-bond acceptors (Lipinski definition) is 1. The summed E-state index contributed by atoms with van der Waals surface area (Å²) in [5, 5.41) is 8.49. The van der Waals surface area contributed by atoms with Gasteiger partial charge in [0, 0.05) is 0 Å². The number of allylic oxidation sites excluding steroid dienone is 3. The van der Waals surface area contributed by atoms with Crippen molar-refractivity contribution in [2.45, 2.75) is 32.6 Å². The summed E-state index contributed by atoms with van der Waals surface area (Å²) in [4.78, 5) is 0. The van der Waals surface area contributed by atoms with Crippen molar-refractivity contribution in [1.29, 1.82) is 5.26 Å². The van der Waals surface area contributed by atoms with Crippen LogP contribution in [0.4, 0.5) is 0 Å². The highest BCUT2D eigenvalue weighted by atomic mass is 14.2. The molecular weight excluding hydrogens is 146 g/mol. The maximum atomic E-state index is 8.49. The Kier molecular flexibility index (Phi) is 3.10. The Labute approximate surface area is 74.4 Å². The van der Waals surface area contributed by atoms with Crippen molar-refractivity contribution in [2.75, 3.05) is 0 Å². The van der Waals surface area contributed by atoms with Crippen molar-refractivity contribution in [3.05, 3.63) is 23.8 Å². The van der Waals surface area contributed by atoms with Gasteiger partial charge in [0.1, 0.15) is 0 Å². The first-order valence-corrected chi connectivity index (χ1v) is 4.44. The summed E-state index contributed by atoms with van der Waals surface area (Å²) in [7, 11) is 0. The van der Waals surface area contributed by atoms with E-state index < -0.39 is 0 Å². The smallest absolute Gasteiger partial charge is 0.0666 e. The lowest BCUT2D eigenvalue weighted by Crippen LogP contribution is -2.06. The van der Waals surface area contributed by atoms with E-state index in [-0.39, 0.29) is 0 Å². The fourth-order valence-electron chi connectivity index (χ4n) is 1.60. The van der Waals surface area contributed by atoms with E-state index in [1.807, 2.05) is 0 Å². The van der Waals surface area contributed by atoms with E-state index >= 15 is 0 Å². The fraction of sp³-hybridized carbons (Fsp3) is 0.545. The molecule has 0 aliphatic heterocycles. The Morgan fingerprint density at radius 3 is 3.00 bits per heavy atom. The van der Waals surface area contributed by atoms with E-state index in [2.05, 4.69) is 25.6 Å². The highest BCUT2D eigenvalue weighted by Crippen LogP contribution is 2.29. The Bertz CT molecular complexity index is 242. The van der Waals surface area contributed by atoms with Crippen LogP contribution in [-0.2, 0) is 0 Å². The molecular formula is C11H15N. The van der Waals surface area contributed by atoms with Crippen molar-refractivity contribution >= 4 is 0 Å². The summed E-state index contributed by atoms with van der Waals surface area (Å²) in [5.41, 5.74) is 2.59. The zero-order chi connectivity index (χ0) is 8.97. The van der Waals surface area contributed by atoms with E-state index in [0.717, 1.165) is 12.8 Å². The van der Waals surface area contributed by atoms with Crippen LogP contribution in [0.3, 0.4) is 0 Å². The molecule has 1 heteroatoms.